The molecule has 36 heavy (non-hydrogen) atoms. The maximum atomic E-state index is 13.6. The van der Waals surface area contributed by atoms with Gasteiger partial charge in [-0.15, -0.1) is 5.10 Å². The highest BCUT2D eigenvalue weighted by molar-refractivity contribution is 5.92. The number of halogens is 2. The Morgan fingerprint density at radius 1 is 0.944 bits per heavy atom. The van der Waals surface area contributed by atoms with Crippen LogP contribution in [-0.4, -0.2) is 25.1 Å². The molecule has 0 aliphatic heterocycles. The normalized spacial score (nSPS) is 11.1. The van der Waals surface area contributed by atoms with Crippen molar-refractivity contribution in [2.45, 2.75) is 19.9 Å². The van der Waals surface area contributed by atoms with E-state index in [0.29, 0.717) is 23.8 Å². The largest absolute Gasteiger partial charge is 0.326 e. The lowest BCUT2D eigenvalue weighted by molar-refractivity contribution is -0.115. The fourth-order valence-corrected chi connectivity index (χ4v) is 4.02. The lowest BCUT2D eigenvalue weighted by Gasteiger charge is -2.15. The van der Waals surface area contributed by atoms with Gasteiger partial charge >= 0.3 is 0 Å². The van der Waals surface area contributed by atoms with Crippen LogP contribution in [0.25, 0.3) is 17.2 Å². The van der Waals surface area contributed by atoms with Gasteiger partial charge in [0.25, 0.3) is 5.56 Å². The number of carbonyl (C=O) groups excluding carboxylic acids is 1. The molecule has 3 aromatic carbocycles. The van der Waals surface area contributed by atoms with Crippen molar-refractivity contribution < 1.29 is 13.6 Å². The van der Waals surface area contributed by atoms with E-state index in [2.05, 4.69) is 15.4 Å². The first-order valence-corrected chi connectivity index (χ1v) is 11.2. The van der Waals surface area contributed by atoms with Crippen LogP contribution in [0.5, 0.6) is 0 Å². The molecule has 2 heterocycles. The number of nitrogens with one attached hydrogen (secondary N) is 1. The van der Waals surface area contributed by atoms with Crippen molar-refractivity contribution in [3.8, 4) is 11.4 Å². The summed E-state index contributed by atoms with van der Waals surface area (Å²) in [6, 6.07) is 22.0. The first-order chi connectivity index (χ1) is 17.4. The van der Waals surface area contributed by atoms with E-state index in [1.807, 2.05) is 65.2 Å². The monoisotopic (exact) mass is 485 g/mol. The quantitative estimate of drug-likeness (QED) is 0.387. The average molecular weight is 485 g/mol. The molecular formula is C27H21F2N5O2. The van der Waals surface area contributed by atoms with Crippen LogP contribution in [0, 0.1) is 18.6 Å². The number of hydrogen-bond donors (Lipinski definition) is 1. The van der Waals surface area contributed by atoms with Gasteiger partial charge in [0, 0.05) is 28.6 Å². The standard InChI is InChI=1S/C27H21F2N5O2/c1-17-21(15-24(35)30-20-12-13-22(28)23(29)14-20)26(36)34-27(33(17)16-18-8-4-2-5-9-18)31-25(32-34)19-10-6-3-7-11-19/h2-14H,15-16H2,1H3,(H,30,35). The summed E-state index contributed by atoms with van der Waals surface area (Å²) in [5, 5.41) is 6.97. The molecule has 0 aliphatic carbocycles. The first kappa shape index (κ1) is 23.1. The third kappa shape index (κ3) is 4.50. The fraction of sp³-hybridized carbons (Fsp3) is 0.111. The summed E-state index contributed by atoms with van der Waals surface area (Å²) in [7, 11) is 0. The van der Waals surface area contributed by atoms with Gasteiger partial charge in [0.15, 0.2) is 17.5 Å². The number of fused-ring (bicyclic) bond motifs is 1. The fourth-order valence-electron chi connectivity index (χ4n) is 4.02. The molecule has 5 aromatic rings. The molecule has 1 N–H and O–H groups in total. The molecule has 9 heteroatoms. The van der Waals surface area contributed by atoms with Crippen molar-refractivity contribution in [2.24, 2.45) is 0 Å². The molecular weight excluding hydrogens is 464 g/mol. The van der Waals surface area contributed by atoms with Gasteiger partial charge in [0.05, 0.1) is 13.0 Å². The molecule has 0 saturated heterocycles. The zero-order valence-electron chi connectivity index (χ0n) is 19.3. The van der Waals surface area contributed by atoms with E-state index in [-0.39, 0.29) is 17.7 Å². The van der Waals surface area contributed by atoms with Crippen LogP contribution in [0.4, 0.5) is 14.5 Å². The minimum absolute atomic E-state index is 0.0920. The number of amides is 1. The van der Waals surface area contributed by atoms with E-state index in [1.165, 1.54) is 10.6 Å². The second-order valence-corrected chi connectivity index (χ2v) is 8.31. The molecule has 0 bridgehead atoms. The lowest BCUT2D eigenvalue weighted by atomic mass is 10.1. The summed E-state index contributed by atoms with van der Waals surface area (Å²) in [6.07, 6.45) is -0.283. The number of benzene rings is 3. The number of aromatic nitrogens is 4. The van der Waals surface area contributed by atoms with Crippen LogP contribution in [-0.2, 0) is 17.8 Å². The zero-order valence-corrected chi connectivity index (χ0v) is 19.3. The van der Waals surface area contributed by atoms with Gasteiger partial charge in [-0.05, 0) is 24.6 Å². The summed E-state index contributed by atoms with van der Waals surface area (Å²) in [5.41, 5.74) is 2.14. The molecule has 0 aliphatic rings. The van der Waals surface area contributed by atoms with Crippen molar-refractivity contribution in [2.75, 3.05) is 5.32 Å². The zero-order chi connectivity index (χ0) is 25.2. The molecule has 0 saturated carbocycles. The van der Waals surface area contributed by atoms with Crippen molar-refractivity contribution in [1.82, 2.24) is 19.2 Å². The van der Waals surface area contributed by atoms with Crippen LogP contribution in [0.1, 0.15) is 16.8 Å². The third-order valence-electron chi connectivity index (χ3n) is 5.88. The molecule has 2 aromatic heterocycles. The maximum absolute atomic E-state index is 13.6. The SMILES string of the molecule is Cc1c(CC(=O)Nc2ccc(F)c(F)c2)c(=O)n2nc(-c3ccccc3)nc2n1Cc1ccccc1. The van der Waals surface area contributed by atoms with E-state index in [1.54, 1.807) is 6.92 Å². The van der Waals surface area contributed by atoms with Crippen molar-refractivity contribution in [3.63, 3.8) is 0 Å². The molecule has 7 nitrogen and oxygen atoms in total. The smallest absolute Gasteiger partial charge is 0.279 e. The second-order valence-electron chi connectivity index (χ2n) is 8.31. The summed E-state index contributed by atoms with van der Waals surface area (Å²) in [5.74, 6) is -1.90. The van der Waals surface area contributed by atoms with Crippen LogP contribution in [0.2, 0.25) is 0 Å². The highest BCUT2D eigenvalue weighted by Gasteiger charge is 2.21. The van der Waals surface area contributed by atoms with Crippen molar-refractivity contribution >= 4 is 17.4 Å². The predicted molar refractivity (Wildman–Crippen MR) is 132 cm³/mol. The van der Waals surface area contributed by atoms with E-state index in [0.717, 1.165) is 23.3 Å². The van der Waals surface area contributed by atoms with Gasteiger partial charge in [-0.2, -0.15) is 9.50 Å². The first-order valence-electron chi connectivity index (χ1n) is 11.2. The van der Waals surface area contributed by atoms with Crippen LogP contribution >= 0.6 is 0 Å². The minimum Gasteiger partial charge on any atom is -0.326 e. The number of anilines is 1. The highest BCUT2D eigenvalue weighted by Crippen LogP contribution is 2.19. The van der Waals surface area contributed by atoms with Gasteiger partial charge in [0.1, 0.15) is 0 Å². The number of carbonyl (C=O) groups is 1. The van der Waals surface area contributed by atoms with Gasteiger partial charge in [0.2, 0.25) is 11.7 Å². The van der Waals surface area contributed by atoms with Crippen LogP contribution in [0.15, 0.2) is 83.7 Å². The Kier molecular flexibility index (Phi) is 6.12. The van der Waals surface area contributed by atoms with E-state index in [4.69, 9.17) is 0 Å². The Balaban J connectivity index is 1.58. The Morgan fingerprint density at radius 3 is 2.33 bits per heavy atom. The van der Waals surface area contributed by atoms with Crippen LogP contribution < -0.4 is 10.9 Å². The highest BCUT2D eigenvalue weighted by atomic mass is 19.2. The van der Waals surface area contributed by atoms with E-state index < -0.39 is 23.1 Å². The van der Waals surface area contributed by atoms with Gasteiger partial charge in [-0.1, -0.05) is 60.7 Å². The molecule has 0 radical (unpaired) electrons. The summed E-state index contributed by atoms with van der Waals surface area (Å²) < 4.78 is 29.9. The third-order valence-corrected chi connectivity index (χ3v) is 5.88. The average Bonchev–Trinajstić information content (AvgIpc) is 3.34. The summed E-state index contributed by atoms with van der Waals surface area (Å²) in [6.45, 7) is 2.16. The Labute approximate surface area is 204 Å². The molecule has 180 valence electrons. The van der Waals surface area contributed by atoms with Gasteiger partial charge in [-0.25, -0.2) is 8.78 Å². The van der Waals surface area contributed by atoms with Gasteiger partial charge in [-0.3, -0.25) is 9.59 Å². The number of hydrogen-bond acceptors (Lipinski definition) is 4. The number of rotatable bonds is 6. The van der Waals surface area contributed by atoms with E-state index in [9.17, 15) is 18.4 Å². The molecule has 0 unspecified atom stereocenters. The second kappa shape index (κ2) is 9.53. The van der Waals surface area contributed by atoms with Crippen molar-refractivity contribution in [1.29, 1.82) is 0 Å². The van der Waals surface area contributed by atoms with Gasteiger partial charge < -0.3 is 9.88 Å². The molecule has 5 rings (SSSR count). The molecule has 0 fully saturated rings. The Hall–Kier alpha value is -4.66. The summed E-state index contributed by atoms with van der Waals surface area (Å²) >= 11 is 0. The Morgan fingerprint density at radius 2 is 1.64 bits per heavy atom. The molecule has 0 atom stereocenters. The predicted octanol–water partition coefficient (Wildman–Crippen LogP) is 4.37. The summed E-state index contributed by atoms with van der Waals surface area (Å²) in [4.78, 5) is 30.9. The molecule has 1 amide bonds. The number of nitrogens with zero attached hydrogens (tertiary/aromatic N) is 4. The minimum atomic E-state index is -1.08. The van der Waals surface area contributed by atoms with Crippen molar-refractivity contribution in [3.05, 3.63) is 118 Å². The lowest BCUT2D eigenvalue weighted by Crippen LogP contribution is -2.29. The van der Waals surface area contributed by atoms with E-state index >= 15 is 0 Å². The topological polar surface area (TPSA) is 81.3 Å². The molecule has 0 spiro atoms. The Bertz CT molecular complexity index is 1630. The maximum Gasteiger partial charge on any atom is 0.279 e. The van der Waals surface area contributed by atoms with Crippen LogP contribution in [0.3, 0.4) is 0 Å².